The maximum absolute atomic E-state index is 13.0. The van der Waals surface area contributed by atoms with Gasteiger partial charge in [-0.05, 0) is 12.3 Å². The molecule has 0 spiro atoms. The van der Waals surface area contributed by atoms with E-state index in [0.717, 1.165) is 0 Å². The normalized spacial score (nSPS) is 13.5. The van der Waals surface area contributed by atoms with Crippen LogP contribution < -0.4 is 48.7 Å². The van der Waals surface area contributed by atoms with Crippen molar-refractivity contribution in [2.75, 3.05) is 26.2 Å². The average molecular weight is 778 g/mol. The minimum absolute atomic E-state index is 0.137. The highest BCUT2D eigenvalue weighted by Gasteiger charge is 2.30. The molecule has 0 bridgehead atoms. The summed E-state index contributed by atoms with van der Waals surface area (Å²) in [5, 5.41) is 35.3. The summed E-state index contributed by atoms with van der Waals surface area (Å²) in [5.41, 5.74) is 11.9. The van der Waals surface area contributed by atoms with Gasteiger partial charge in [0.2, 0.25) is 47.3 Å². The van der Waals surface area contributed by atoms with E-state index < -0.39 is 116 Å². The Labute approximate surface area is 313 Å². The fourth-order valence-electron chi connectivity index (χ4n) is 4.68. The number of nitrogens with two attached hydrogens (primary N) is 2. The molecular formula is C31H47N13O11. The van der Waals surface area contributed by atoms with Gasteiger partial charge in [0.1, 0.15) is 24.2 Å². The van der Waals surface area contributed by atoms with Crippen molar-refractivity contribution in [2.24, 2.45) is 17.4 Å². The first-order chi connectivity index (χ1) is 26.0. The third kappa shape index (κ3) is 16.4. The van der Waals surface area contributed by atoms with Crippen LogP contribution in [0.3, 0.4) is 0 Å². The van der Waals surface area contributed by atoms with Crippen molar-refractivity contribution >= 4 is 53.2 Å². The number of carbonyl (C=O) groups is 9. The number of rotatable bonds is 24. The number of amides is 8. The zero-order valence-electron chi connectivity index (χ0n) is 30.0. The van der Waals surface area contributed by atoms with Crippen LogP contribution in [0.4, 0.5) is 0 Å². The Balaban J connectivity index is 1.92. The van der Waals surface area contributed by atoms with Gasteiger partial charge in [-0.25, -0.2) is 14.8 Å². The maximum atomic E-state index is 13.0. The highest BCUT2D eigenvalue weighted by Crippen LogP contribution is 2.04. The lowest BCUT2D eigenvalue weighted by Crippen LogP contribution is -2.58. The van der Waals surface area contributed by atoms with Crippen molar-refractivity contribution < 1.29 is 53.4 Å². The number of aliphatic carboxylic acids is 1. The SMILES string of the molecule is CC(C)[C@H](NC(=O)CNC(=O)[C@@H](N)Cc1cnc[nH]1)C(=O)N[C@@H](CO)C(=O)NCC(=O)N[C@@H](Cc1cnc[nH]1)C(=O)NCC(=O)N[C@@H](CCC(N)=O)C(=O)O. The number of hydrogen-bond acceptors (Lipinski definition) is 13. The number of primary amides is 1. The van der Waals surface area contributed by atoms with Crippen LogP contribution in [0.2, 0.25) is 0 Å². The predicted octanol–water partition coefficient (Wildman–Crippen LogP) is -6.47. The second-order valence-corrected chi connectivity index (χ2v) is 12.4. The van der Waals surface area contributed by atoms with Gasteiger partial charge >= 0.3 is 5.97 Å². The molecule has 2 heterocycles. The van der Waals surface area contributed by atoms with Crippen LogP contribution in [0.5, 0.6) is 0 Å². The van der Waals surface area contributed by atoms with Crippen molar-refractivity contribution in [1.29, 1.82) is 0 Å². The molecule has 8 amide bonds. The van der Waals surface area contributed by atoms with Gasteiger partial charge in [0.05, 0.1) is 44.9 Å². The van der Waals surface area contributed by atoms with Gasteiger partial charge in [0.15, 0.2) is 0 Å². The quantitative estimate of drug-likeness (QED) is 0.0472. The van der Waals surface area contributed by atoms with Gasteiger partial charge < -0.3 is 68.9 Å². The smallest absolute Gasteiger partial charge is 0.326 e. The van der Waals surface area contributed by atoms with Crippen molar-refractivity contribution in [3.63, 3.8) is 0 Å². The first-order valence-electron chi connectivity index (χ1n) is 16.8. The number of H-pyrrole nitrogens is 2. The number of nitrogens with zero attached hydrogens (tertiary/aromatic N) is 2. The fourth-order valence-corrected chi connectivity index (χ4v) is 4.68. The third-order valence-electron chi connectivity index (χ3n) is 7.63. The van der Waals surface area contributed by atoms with Crippen molar-refractivity contribution in [3.05, 3.63) is 36.4 Å². The molecule has 24 nitrogen and oxygen atoms in total. The second kappa shape index (κ2) is 22.6. The number of carbonyl (C=O) groups excluding carboxylic acids is 8. The van der Waals surface area contributed by atoms with Gasteiger partial charge in [0, 0.05) is 43.0 Å². The molecule has 0 fully saturated rings. The fraction of sp³-hybridized carbons (Fsp3) is 0.516. The molecule has 0 aliphatic heterocycles. The number of aliphatic hydroxyl groups is 1. The summed E-state index contributed by atoms with van der Waals surface area (Å²) in [6, 6.07) is -6.54. The molecule has 0 radical (unpaired) electrons. The van der Waals surface area contributed by atoms with Crippen LogP contribution in [-0.4, -0.2) is 140 Å². The van der Waals surface area contributed by atoms with E-state index in [-0.39, 0.29) is 25.7 Å². The van der Waals surface area contributed by atoms with Gasteiger partial charge in [-0.15, -0.1) is 0 Å². The molecular weight excluding hydrogens is 730 g/mol. The highest BCUT2D eigenvalue weighted by atomic mass is 16.4. The Morgan fingerprint density at radius 2 is 1.18 bits per heavy atom. The van der Waals surface area contributed by atoms with Crippen LogP contribution in [0.25, 0.3) is 0 Å². The number of aliphatic hydroxyl groups excluding tert-OH is 1. The minimum atomic E-state index is -1.57. The summed E-state index contributed by atoms with van der Waals surface area (Å²) in [7, 11) is 0. The number of carboxylic acid groups (broad SMARTS) is 1. The average Bonchev–Trinajstić information content (AvgIpc) is 3.85. The zero-order valence-corrected chi connectivity index (χ0v) is 30.0. The molecule has 0 saturated heterocycles. The molecule has 0 unspecified atom stereocenters. The molecule has 5 atom stereocenters. The Morgan fingerprint density at radius 3 is 1.65 bits per heavy atom. The van der Waals surface area contributed by atoms with E-state index in [1.165, 1.54) is 25.0 Å². The summed E-state index contributed by atoms with van der Waals surface area (Å²) in [6.07, 6.45) is 5.00. The topological polar surface area (TPSA) is 388 Å². The Hall–Kier alpha value is -6.43. The van der Waals surface area contributed by atoms with E-state index in [0.29, 0.717) is 11.4 Å². The van der Waals surface area contributed by atoms with Crippen molar-refractivity contribution in [3.8, 4) is 0 Å². The van der Waals surface area contributed by atoms with Crippen molar-refractivity contribution in [1.82, 2.24) is 57.2 Å². The molecule has 0 saturated carbocycles. The first-order valence-corrected chi connectivity index (χ1v) is 16.8. The highest BCUT2D eigenvalue weighted by molar-refractivity contribution is 5.96. The molecule has 15 N–H and O–H groups in total. The Morgan fingerprint density at radius 1 is 0.691 bits per heavy atom. The second-order valence-electron chi connectivity index (χ2n) is 12.4. The number of aromatic amines is 2. The minimum Gasteiger partial charge on any atom is -0.480 e. The lowest BCUT2D eigenvalue weighted by molar-refractivity contribution is -0.142. The van der Waals surface area contributed by atoms with Crippen LogP contribution in [0, 0.1) is 5.92 Å². The predicted molar refractivity (Wildman–Crippen MR) is 187 cm³/mol. The molecule has 0 aliphatic rings. The van der Waals surface area contributed by atoms with Gasteiger partial charge in [-0.1, -0.05) is 13.8 Å². The number of carboxylic acids is 1. The number of nitrogens with one attached hydrogen (secondary N) is 9. The number of aromatic nitrogens is 4. The van der Waals surface area contributed by atoms with E-state index in [4.69, 9.17) is 11.5 Å². The van der Waals surface area contributed by atoms with Gasteiger partial charge in [0.25, 0.3) is 0 Å². The summed E-state index contributed by atoms with van der Waals surface area (Å²) in [6.45, 7) is 0.357. The Kier molecular flexibility index (Phi) is 18.4. The molecule has 55 heavy (non-hydrogen) atoms. The van der Waals surface area contributed by atoms with E-state index in [1.54, 1.807) is 13.8 Å². The summed E-state index contributed by atoms with van der Waals surface area (Å²) >= 11 is 0. The maximum Gasteiger partial charge on any atom is 0.326 e. The molecule has 2 aromatic heterocycles. The van der Waals surface area contributed by atoms with E-state index >= 15 is 0 Å². The summed E-state index contributed by atoms with van der Waals surface area (Å²) < 4.78 is 0. The zero-order chi connectivity index (χ0) is 41.1. The lowest BCUT2D eigenvalue weighted by atomic mass is 10.0. The van der Waals surface area contributed by atoms with Gasteiger partial charge in [-0.2, -0.15) is 0 Å². The van der Waals surface area contributed by atoms with Crippen LogP contribution >= 0.6 is 0 Å². The Bertz CT molecular complexity index is 1630. The molecule has 2 rings (SSSR count). The first kappa shape index (κ1) is 44.7. The molecule has 24 heteroatoms. The largest absolute Gasteiger partial charge is 0.480 e. The molecule has 302 valence electrons. The van der Waals surface area contributed by atoms with Gasteiger partial charge in [-0.3, -0.25) is 38.4 Å². The monoisotopic (exact) mass is 777 g/mol. The van der Waals surface area contributed by atoms with Crippen LogP contribution in [0.1, 0.15) is 38.1 Å². The standard InChI is InChI=1S/C31H47N13O11/c1-15(2)26(44-25(49)11-36-27(50)18(32)5-16-7-34-13-39-16)30(53)43-21(12-45)29(52)38-10-24(48)42-20(6-17-8-35-14-40-17)28(51)37-9-23(47)41-19(31(54)55)3-4-22(33)46/h7-8,13-15,18-21,26,45H,3-6,9-12,32H2,1-2H3,(H2,33,46)(H,34,39)(H,35,40)(H,36,50)(H,37,51)(H,38,52)(H,41,47)(H,42,48)(H,43,53)(H,44,49)(H,54,55)/t18-,19-,20-,21-,26-/m0/s1. The third-order valence-corrected chi connectivity index (χ3v) is 7.63. The molecule has 2 aromatic rings. The van der Waals surface area contributed by atoms with E-state index in [9.17, 15) is 53.4 Å². The van der Waals surface area contributed by atoms with Crippen LogP contribution in [0.15, 0.2) is 25.0 Å². The number of imidazole rings is 2. The number of hydrogen-bond donors (Lipinski definition) is 13. The van der Waals surface area contributed by atoms with Crippen molar-refractivity contribution in [2.45, 2.75) is 69.7 Å². The lowest BCUT2D eigenvalue weighted by Gasteiger charge is -2.24. The summed E-state index contributed by atoms with van der Waals surface area (Å²) in [4.78, 5) is 124. The molecule has 0 aromatic carbocycles. The van der Waals surface area contributed by atoms with Crippen LogP contribution in [-0.2, 0) is 56.0 Å². The summed E-state index contributed by atoms with van der Waals surface area (Å²) in [5.74, 6) is -8.60. The van der Waals surface area contributed by atoms with E-state index in [2.05, 4.69) is 57.2 Å². The van der Waals surface area contributed by atoms with E-state index in [1.807, 2.05) is 0 Å². The molecule has 0 aliphatic carbocycles.